The fraction of sp³-hybridized carbons (Fsp3) is 0.389. The van der Waals surface area contributed by atoms with E-state index >= 15 is 0 Å². The molecule has 0 radical (unpaired) electrons. The van der Waals surface area contributed by atoms with Crippen LogP contribution in [0.15, 0.2) is 42.3 Å². The lowest BCUT2D eigenvalue weighted by molar-refractivity contribution is 0.122. The molecule has 1 aromatic carbocycles. The molecule has 0 aromatic heterocycles. The number of fused-ring (bicyclic) bond motifs is 1. The van der Waals surface area contributed by atoms with Crippen molar-refractivity contribution in [1.29, 1.82) is 0 Å². The number of nitrogens with zero attached hydrogens (tertiary/aromatic N) is 1. The normalized spacial score (nSPS) is 22.6. The van der Waals surface area contributed by atoms with Crippen molar-refractivity contribution < 1.29 is 14.6 Å². The van der Waals surface area contributed by atoms with E-state index in [0.717, 1.165) is 18.4 Å². The van der Waals surface area contributed by atoms with Gasteiger partial charge in [-0.3, -0.25) is 9.62 Å². The molecule has 0 saturated carbocycles. The lowest BCUT2D eigenvalue weighted by Gasteiger charge is -2.43. The molecule has 3 rings (SSSR count). The second kappa shape index (κ2) is 6.81. The molecule has 1 aliphatic heterocycles. The molecule has 1 aliphatic carbocycles. The fourth-order valence-electron chi connectivity index (χ4n) is 3.48. The summed E-state index contributed by atoms with van der Waals surface area (Å²) >= 11 is 1.42. The predicted molar refractivity (Wildman–Crippen MR) is 95.5 cm³/mol. The molecule has 1 atom stereocenters. The Hall–Kier alpha value is -2.08. The fourth-order valence-corrected chi connectivity index (χ4v) is 4.29. The Morgan fingerprint density at radius 1 is 1.33 bits per heavy atom. The van der Waals surface area contributed by atoms with Gasteiger partial charge < -0.3 is 9.84 Å². The van der Waals surface area contributed by atoms with Crippen molar-refractivity contribution in [3.63, 3.8) is 0 Å². The third kappa shape index (κ3) is 2.86. The van der Waals surface area contributed by atoms with E-state index < -0.39 is 11.8 Å². The Balaban J connectivity index is 2.11. The molecule has 1 aromatic rings. The molecule has 6 heteroatoms. The van der Waals surface area contributed by atoms with Gasteiger partial charge in [-0.25, -0.2) is 4.79 Å². The van der Waals surface area contributed by atoms with Crippen LogP contribution >= 0.6 is 11.9 Å². The van der Waals surface area contributed by atoms with Crippen molar-refractivity contribution in [2.45, 2.75) is 31.3 Å². The van der Waals surface area contributed by atoms with Gasteiger partial charge in [0.05, 0.1) is 7.11 Å². The van der Waals surface area contributed by atoms with E-state index in [2.05, 4.69) is 17.4 Å². The quantitative estimate of drug-likeness (QED) is 0.815. The second-order valence-electron chi connectivity index (χ2n) is 5.93. The number of hydrogen-bond acceptors (Lipinski definition) is 4. The second-order valence-corrected chi connectivity index (χ2v) is 6.66. The lowest BCUT2D eigenvalue weighted by atomic mass is 9.87. The third-order valence-electron chi connectivity index (χ3n) is 4.57. The van der Waals surface area contributed by atoms with E-state index in [1.807, 2.05) is 34.9 Å². The Morgan fingerprint density at radius 2 is 2.08 bits per heavy atom. The standard InChI is InChI=1S/C18H22N2O3S/c1-23-16-8-5-11-18(19-17(21)22,20(16)24-2)15-10-9-13-6-3-4-7-14(13)12-15/h5,8-12,19H,3-4,6-7H2,1-2H3,(H,21,22). The Labute approximate surface area is 146 Å². The van der Waals surface area contributed by atoms with Crippen molar-refractivity contribution in [3.8, 4) is 0 Å². The van der Waals surface area contributed by atoms with Crippen LogP contribution in [0.5, 0.6) is 0 Å². The van der Waals surface area contributed by atoms with Gasteiger partial charge >= 0.3 is 6.09 Å². The molecular formula is C18H22N2O3S. The van der Waals surface area contributed by atoms with Gasteiger partial charge in [0.25, 0.3) is 0 Å². The van der Waals surface area contributed by atoms with Gasteiger partial charge in [0, 0.05) is 11.8 Å². The molecule has 0 bridgehead atoms. The summed E-state index contributed by atoms with van der Waals surface area (Å²) in [7, 11) is 1.59. The number of benzene rings is 1. The number of nitrogens with one attached hydrogen (secondary N) is 1. The highest BCUT2D eigenvalue weighted by Gasteiger charge is 2.42. The number of carboxylic acid groups (broad SMARTS) is 1. The number of hydrogen-bond donors (Lipinski definition) is 2. The first-order valence-corrected chi connectivity index (χ1v) is 9.20. The van der Waals surface area contributed by atoms with Gasteiger partial charge in [-0.15, -0.1) is 0 Å². The van der Waals surface area contributed by atoms with Crippen LogP contribution in [0.2, 0.25) is 0 Å². The molecule has 1 amide bonds. The SMILES string of the molecule is COC1=CC=CC(NC(=O)O)(c2ccc3c(c2)CCCC3)N1SC. The van der Waals surface area contributed by atoms with Crippen molar-refractivity contribution in [2.24, 2.45) is 0 Å². The van der Waals surface area contributed by atoms with E-state index in [9.17, 15) is 9.90 Å². The summed E-state index contributed by atoms with van der Waals surface area (Å²) in [6.45, 7) is 0. The molecular weight excluding hydrogens is 324 g/mol. The summed E-state index contributed by atoms with van der Waals surface area (Å²) < 4.78 is 7.30. The van der Waals surface area contributed by atoms with E-state index in [1.54, 1.807) is 7.11 Å². The molecule has 0 fully saturated rings. The summed E-state index contributed by atoms with van der Waals surface area (Å²) in [6.07, 6.45) is 10.9. The lowest BCUT2D eigenvalue weighted by Crippen LogP contribution is -2.54. The van der Waals surface area contributed by atoms with Crippen LogP contribution in [0.25, 0.3) is 0 Å². The summed E-state index contributed by atoms with van der Waals surface area (Å²) in [4.78, 5) is 11.6. The van der Waals surface area contributed by atoms with Crippen LogP contribution in [0.4, 0.5) is 4.79 Å². The first kappa shape index (κ1) is 16.8. The highest BCUT2D eigenvalue weighted by Crippen LogP contribution is 2.39. The first-order valence-electron chi connectivity index (χ1n) is 8.02. The molecule has 5 nitrogen and oxygen atoms in total. The zero-order valence-electron chi connectivity index (χ0n) is 13.9. The smallest absolute Gasteiger partial charge is 0.407 e. The maximum Gasteiger partial charge on any atom is 0.407 e. The van der Waals surface area contributed by atoms with Crippen molar-refractivity contribution in [3.05, 3.63) is 59.0 Å². The minimum Gasteiger partial charge on any atom is -0.482 e. The maximum absolute atomic E-state index is 11.6. The number of allylic oxidation sites excluding steroid dienone is 2. The molecule has 1 unspecified atom stereocenters. The molecule has 1 heterocycles. The zero-order valence-corrected chi connectivity index (χ0v) is 14.7. The summed E-state index contributed by atoms with van der Waals surface area (Å²) in [6, 6.07) is 6.29. The zero-order chi connectivity index (χ0) is 17.2. The number of carbonyl (C=O) groups is 1. The van der Waals surface area contributed by atoms with Crippen LogP contribution in [-0.2, 0) is 23.2 Å². The largest absolute Gasteiger partial charge is 0.482 e. The van der Waals surface area contributed by atoms with Crippen LogP contribution in [0.3, 0.4) is 0 Å². The summed E-state index contributed by atoms with van der Waals surface area (Å²) in [5.74, 6) is 0.608. The van der Waals surface area contributed by atoms with Crippen LogP contribution in [-0.4, -0.2) is 28.9 Å². The van der Waals surface area contributed by atoms with E-state index in [-0.39, 0.29) is 0 Å². The molecule has 0 saturated heterocycles. The number of rotatable bonds is 4. The van der Waals surface area contributed by atoms with Gasteiger partial charge in [-0.1, -0.05) is 24.3 Å². The van der Waals surface area contributed by atoms with E-state index in [4.69, 9.17) is 4.74 Å². The predicted octanol–water partition coefficient (Wildman–Crippen LogP) is 3.62. The number of ether oxygens (including phenoxy) is 1. The third-order valence-corrected chi connectivity index (χ3v) is 5.41. The Bertz CT molecular complexity index is 702. The van der Waals surface area contributed by atoms with Gasteiger partial charge in [0.1, 0.15) is 0 Å². The molecule has 2 aliphatic rings. The van der Waals surface area contributed by atoms with Crippen LogP contribution < -0.4 is 5.32 Å². The highest BCUT2D eigenvalue weighted by atomic mass is 32.2. The first-order chi connectivity index (χ1) is 11.6. The molecule has 0 spiro atoms. The topological polar surface area (TPSA) is 61.8 Å². The van der Waals surface area contributed by atoms with Gasteiger partial charge in [0.2, 0.25) is 5.88 Å². The van der Waals surface area contributed by atoms with Crippen molar-refractivity contribution in [2.75, 3.05) is 13.4 Å². The van der Waals surface area contributed by atoms with E-state index in [1.165, 1.54) is 35.9 Å². The molecule has 2 N–H and O–H groups in total. The Morgan fingerprint density at radius 3 is 2.75 bits per heavy atom. The van der Waals surface area contributed by atoms with Crippen LogP contribution in [0, 0.1) is 0 Å². The van der Waals surface area contributed by atoms with E-state index in [0.29, 0.717) is 5.88 Å². The highest BCUT2D eigenvalue weighted by molar-refractivity contribution is 7.96. The number of amides is 1. The average molecular weight is 346 g/mol. The van der Waals surface area contributed by atoms with Crippen LogP contribution in [0.1, 0.15) is 29.5 Å². The molecule has 24 heavy (non-hydrogen) atoms. The summed E-state index contributed by atoms with van der Waals surface area (Å²) in [5, 5.41) is 12.2. The van der Waals surface area contributed by atoms with Gasteiger partial charge in [-0.05, 0) is 60.9 Å². The van der Waals surface area contributed by atoms with Crippen molar-refractivity contribution >= 4 is 18.0 Å². The van der Waals surface area contributed by atoms with Crippen molar-refractivity contribution in [1.82, 2.24) is 9.62 Å². The minimum absolute atomic E-state index is 0.608. The Kier molecular flexibility index (Phi) is 4.76. The number of aryl methyl sites for hydroxylation is 2. The minimum atomic E-state index is -1.08. The van der Waals surface area contributed by atoms with Gasteiger partial charge in [-0.2, -0.15) is 0 Å². The van der Waals surface area contributed by atoms with Gasteiger partial charge in [0.15, 0.2) is 5.66 Å². The number of methoxy groups -OCH3 is 1. The summed E-state index contributed by atoms with van der Waals surface area (Å²) in [5.41, 5.74) is 2.60. The maximum atomic E-state index is 11.6. The monoisotopic (exact) mass is 346 g/mol. The average Bonchev–Trinajstić information content (AvgIpc) is 2.60. The molecule has 128 valence electrons.